The molecule has 3 rings (SSSR count). The quantitative estimate of drug-likeness (QED) is 0.860. The highest BCUT2D eigenvalue weighted by atomic mass is 19.1. The number of nitrogens with two attached hydrogens (primary N) is 2. The van der Waals surface area contributed by atoms with E-state index in [0.29, 0.717) is 37.3 Å². The summed E-state index contributed by atoms with van der Waals surface area (Å²) in [6.45, 7) is 2.77. The first-order chi connectivity index (χ1) is 12.4. The van der Waals surface area contributed by atoms with Crippen molar-refractivity contribution in [3.63, 3.8) is 0 Å². The smallest absolute Gasteiger partial charge is 0.410 e. The van der Waals surface area contributed by atoms with E-state index in [-0.39, 0.29) is 17.4 Å². The van der Waals surface area contributed by atoms with Crippen LogP contribution in [0.4, 0.5) is 13.6 Å². The summed E-state index contributed by atoms with van der Waals surface area (Å²) in [4.78, 5) is 13.8. The number of hydrogen-bond donors (Lipinski definition) is 2. The van der Waals surface area contributed by atoms with Crippen molar-refractivity contribution in [2.45, 2.75) is 38.1 Å². The summed E-state index contributed by atoms with van der Waals surface area (Å²) in [7, 11) is 0. The highest BCUT2D eigenvalue weighted by molar-refractivity contribution is 5.72. The second-order valence-corrected chi connectivity index (χ2v) is 6.64. The maximum atomic E-state index is 14.0. The van der Waals surface area contributed by atoms with E-state index in [1.165, 1.54) is 12.1 Å². The van der Waals surface area contributed by atoms with E-state index in [1.54, 1.807) is 4.90 Å². The zero-order chi connectivity index (χ0) is 18.9. The molecule has 0 radical (unpaired) electrons. The average Bonchev–Trinajstić information content (AvgIpc) is 3.03. The summed E-state index contributed by atoms with van der Waals surface area (Å²) >= 11 is 0. The molecule has 7 heteroatoms. The lowest BCUT2D eigenvalue weighted by Gasteiger charge is -2.43. The van der Waals surface area contributed by atoms with Gasteiger partial charge in [-0.1, -0.05) is 13.0 Å². The molecule has 0 aromatic heterocycles. The molecule has 140 valence electrons. The molecule has 1 atom stereocenters. The zero-order valence-corrected chi connectivity index (χ0v) is 14.7. The Morgan fingerprint density at radius 2 is 2.08 bits per heavy atom. The molecule has 0 saturated carbocycles. The number of allylic oxidation sites excluding steroid dienone is 2. The molecule has 1 aromatic rings. The minimum atomic E-state index is -0.724. The van der Waals surface area contributed by atoms with E-state index in [9.17, 15) is 13.6 Å². The summed E-state index contributed by atoms with van der Waals surface area (Å²) in [5.41, 5.74) is 12.7. The fraction of sp³-hybridized carbons (Fsp3) is 0.421. The van der Waals surface area contributed by atoms with Gasteiger partial charge in [-0.15, -0.1) is 0 Å². The van der Waals surface area contributed by atoms with Crippen LogP contribution in [0.1, 0.15) is 38.2 Å². The minimum absolute atomic E-state index is 0.0190. The molecule has 1 saturated heterocycles. The molecule has 2 aliphatic rings. The molecular weight excluding hydrogens is 340 g/mol. The van der Waals surface area contributed by atoms with Crippen LogP contribution in [-0.2, 0) is 4.74 Å². The fourth-order valence-electron chi connectivity index (χ4n) is 3.94. The number of benzene rings is 1. The predicted octanol–water partition coefficient (Wildman–Crippen LogP) is 3.26. The summed E-state index contributed by atoms with van der Waals surface area (Å²) in [6.07, 6.45) is 3.91. The molecule has 1 fully saturated rings. The molecule has 1 amide bonds. The molecule has 1 aliphatic carbocycles. The van der Waals surface area contributed by atoms with Crippen LogP contribution in [0.3, 0.4) is 0 Å². The number of ether oxygens (including phenoxy) is 1. The molecule has 4 N–H and O–H groups in total. The van der Waals surface area contributed by atoms with E-state index in [0.717, 1.165) is 25.0 Å². The highest BCUT2D eigenvalue weighted by Crippen LogP contribution is 2.40. The van der Waals surface area contributed by atoms with Crippen LogP contribution in [0.15, 0.2) is 35.5 Å². The minimum Gasteiger partial charge on any atom is -0.448 e. The number of amides is 1. The number of rotatable bonds is 4. The first-order valence-corrected chi connectivity index (χ1v) is 8.75. The van der Waals surface area contributed by atoms with Gasteiger partial charge in [0.25, 0.3) is 0 Å². The van der Waals surface area contributed by atoms with E-state index in [4.69, 9.17) is 16.2 Å². The summed E-state index contributed by atoms with van der Waals surface area (Å²) in [5.74, 6) is -1.45. The number of carbonyl (C=O) groups is 1. The summed E-state index contributed by atoms with van der Waals surface area (Å²) in [5, 5.41) is 0. The molecule has 1 unspecified atom stereocenters. The number of nitrogens with zero attached hydrogens (tertiary/aromatic N) is 1. The van der Waals surface area contributed by atoms with Gasteiger partial charge in [-0.25, -0.2) is 13.6 Å². The van der Waals surface area contributed by atoms with E-state index >= 15 is 0 Å². The molecule has 5 nitrogen and oxygen atoms in total. The first-order valence-electron chi connectivity index (χ1n) is 8.75. The van der Waals surface area contributed by atoms with Crippen LogP contribution in [0.5, 0.6) is 0 Å². The number of cyclic esters (lactones) is 1. The van der Waals surface area contributed by atoms with E-state index in [2.05, 4.69) is 0 Å². The molecule has 1 aromatic carbocycles. The third kappa shape index (κ3) is 2.91. The number of hydrogen-bond acceptors (Lipinski definition) is 4. The van der Waals surface area contributed by atoms with Gasteiger partial charge in [-0.3, -0.25) is 4.90 Å². The topological polar surface area (TPSA) is 81.6 Å². The van der Waals surface area contributed by atoms with Gasteiger partial charge in [0.05, 0.1) is 17.6 Å². The second-order valence-electron chi connectivity index (χ2n) is 6.64. The van der Waals surface area contributed by atoms with Gasteiger partial charge in [0, 0.05) is 11.4 Å². The first kappa shape index (κ1) is 18.2. The van der Waals surface area contributed by atoms with Crippen molar-refractivity contribution in [2.24, 2.45) is 11.5 Å². The van der Waals surface area contributed by atoms with Gasteiger partial charge >= 0.3 is 6.09 Å². The van der Waals surface area contributed by atoms with Crippen LogP contribution in [0.25, 0.3) is 5.70 Å². The van der Waals surface area contributed by atoms with Gasteiger partial charge in [0.15, 0.2) is 0 Å². The van der Waals surface area contributed by atoms with Crippen LogP contribution in [0, 0.1) is 11.6 Å². The van der Waals surface area contributed by atoms with Crippen molar-refractivity contribution >= 4 is 11.8 Å². The van der Waals surface area contributed by atoms with Crippen LogP contribution >= 0.6 is 0 Å². The Morgan fingerprint density at radius 3 is 2.65 bits per heavy atom. The largest absolute Gasteiger partial charge is 0.448 e. The molecule has 1 heterocycles. The zero-order valence-electron chi connectivity index (χ0n) is 14.7. The lowest BCUT2D eigenvalue weighted by molar-refractivity contribution is 0.114. The summed E-state index contributed by atoms with van der Waals surface area (Å²) in [6, 6.07) is 3.61. The van der Waals surface area contributed by atoms with E-state index < -0.39 is 17.2 Å². The van der Waals surface area contributed by atoms with Crippen molar-refractivity contribution in [3.8, 4) is 0 Å². The van der Waals surface area contributed by atoms with E-state index in [1.807, 2.05) is 6.92 Å². The van der Waals surface area contributed by atoms with Gasteiger partial charge in [0.2, 0.25) is 0 Å². The third-order valence-corrected chi connectivity index (χ3v) is 5.33. The Labute approximate surface area is 151 Å². The van der Waals surface area contributed by atoms with Crippen LogP contribution in [-0.4, -0.2) is 29.7 Å². The molecule has 1 aliphatic heterocycles. The van der Waals surface area contributed by atoms with Crippen molar-refractivity contribution in [2.75, 3.05) is 13.2 Å². The van der Waals surface area contributed by atoms with Crippen LogP contribution < -0.4 is 11.5 Å². The van der Waals surface area contributed by atoms with Gasteiger partial charge in [-0.2, -0.15) is 0 Å². The molecular formula is C19H23F2N3O2. The number of halogens is 2. The van der Waals surface area contributed by atoms with Crippen molar-refractivity contribution in [1.82, 2.24) is 4.90 Å². The lowest BCUT2D eigenvalue weighted by atomic mass is 9.77. The fourth-order valence-corrected chi connectivity index (χ4v) is 3.94. The molecule has 0 bridgehead atoms. The predicted molar refractivity (Wildman–Crippen MR) is 94.7 cm³/mol. The standard InChI is InChI=1S/C19H23F2N3O2/c1-2-19(24-9-10-26-18(24)25)8-4-5-12(17(19)23)11-15(22)16-13(20)6-3-7-14(16)21/h3,6-7,11H,2,4-5,8-10,22-23H2,1H3/b15-11-. The molecule has 26 heavy (non-hydrogen) atoms. The van der Waals surface area contributed by atoms with Crippen molar-refractivity contribution in [3.05, 3.63) is 52.7 Å². The summed E-state index contributed by atoms with van der Waals surface area (Å²) < 4.78 is 33.1. The highest BCUT2D eigenvalue weighted by Gasteiger charge is 2.45. The SMILES string of the molecule is CCC1(N2CCOC2=O)CCCC(/C=C(\N)c2c(F)cccc2F)=C1N. The number of carbonyl (C=O) groups excluding carboxylic acids is 1. The lowest BCUT2D eigenvalue weighted by Crippen LogP contribution is -2.54. The second kappa shape index (κ2) is 6.97. The monoisotopic (exact) mass is 363 g/mol. The van der Waals surface area contributed by atoms with Crippen molar-refractivity contribution in [1.29, 1.82) is 0 Å². The van der Waals surface area contributed by atoms with Gasteiger partial charge in [-0.05, 0) is 49.5 Å². The van der Waals surface area contributed by atoms with Gasteiger partial charge in [0.1, 0.15) is 18.2 Å². The third-order valence-electron chi connectivity index (χ3n) is 5.33. The van der Waals surface area contributed by atoms with Crippen molar-refractivity contribution < 1.29 is 18.3 Å². The normalized spacial score (nSPS) is 24.2. The van der Waals surface area contributed by atoms with Crippen LogP contribution in [0.2, 0.25) is 0 Å². The van der Waals surface area contributed by atoms with Gasteiger partial charge < -0.3 is 16.2 Å². The Balaban J connectivity index is 2.04. The average molecular weight is 363 g/mol. The Kier molecular flexibility index (Phi) is 4.89. The maximum Gasteiger partial charge on any atom is 0.410 e. The molecule has 0 spiro atoms. The Bertz CT molecular complexity index is 771. The Morgan fingerprint density at radius 1 is 1.38 bits per heavy atom. The Hall–Kier alpha value is -2.57. The maximum absolute atomic E-state index is 14.0.